The zero-order chi connectivity index (χ0) is 14.2. The molecule has 3 nitrogen and oxygen atoms in total. The number of benzene rings is 1. The minimum atomic E-state index is -0.498. The second-order valence-electron chi connectivity index (χ2n) is 5.84. The predicted molar refractivity (Wildman–Crippen MR) is 76.5 cm³/mol. The third-order valence-electron chi connectivity index (χ3n) is 4.60. The van der Waals surface area contributed by atoms with Gasteiger partial charge in [-0.15, -0.1) is 0 Å². The molecule has 1 amide bonds. The zero-order valence-electron chi connectivity index (χ0n) is 11.3. The zero-order valence-corrected chi connectivity index (χ0v) is 12.0. The molecule has 1 aromatic rings. The smallest absolute Gasteiger partial charge is 0.256 e. The van der Waals surface area contributed by atoms with Gasteiger partial charge in [-0.2, -0.15) is 0 Å². The van der Waals surface area contributed by atoms with Gasteiger partial charge >= 0.3 is 0 Å². The first-order valence-electron chi connectivity index (χ1n) is 7.05. The Labute approximate surface area is 123 Å². The van der Waals surface area contributed by atoms with Crippen LogP contribution >= 0.6 is 11.6 Å². The van der Waals surface area contributed by atoms with Crippen molar-refractivity contribution in [2.24, 2.45) is 5.41 Å². The molecule has 0 saturated carbocycles. The summed E-state index contributed by atoms with van der Waals surface area (Å²) in [5.41, 5.74) is 0.432. The molecule has 2 heterocycles. The predicted octanol–water partition coefficient (Wildman–Crippen LogP) is 2.69. The van der Waals surface area contributed by atoms with Gasteiger partial charge in [-0.1, -0.05) is 11.6 Å². The number of piperidine rings is 1. The van der Waals surface area contributed by atoms with Gasteiger partial charge in [0.15, 0.2) is 0 Å². The number of carbonyl (C=O) groups is 1. The van der Waals surface area contributed by atoms with Crippen LogP contribution in [-0.4, -0.2) is 37.0 Å². The monoisotopic (exact) mass is 296 g/mol. The van der Waals surface area contributed by atoms with Crippen molar-refractivity contribution >= 4 is 17.5 Å². The molecule has 0 radical (unpaired) electrons. The van der Waals surface area contributed by atoms with Crippen molar-refractivity contribution in [2.45, 2.75) is 19.3 Å². The van der Waals surface area contributed by atoms with Crippen molar-refractivity contribution < 1.29 is 9.18 Å². The molecule has 0 bridgehead atoms. The Morgan fingerprint density at radius 1 is 1.30 bits per heavy atom. The van der Waals surface area contributed by atoms with Crippen LogP contribution in [0.3, 0.4) is 0 Å². The highest BCUT2D eigenvalue weighted by Crippen LogP contribution is 2.37. The van der Waals surface area contributed by atoms with Gasteiger partial charge in [-0.25, -0.2) is 4.39 Å². The molecule has 0 atom stereocenters. The van der Waals surface area contributed by atoms with Crippen LogP contribution in [0.5, 0.6) is 0 Å². The molecule has 2 saturated heterocycles. The van der Waals surface area contributed by atoms with E-state index in [1.165, 1.54) is 24.6 Å². The molecular weight excluding hydrogens is 279 g/mol. The molecule has 1 aromatic carbocycles. The maximum Gasteiger partial charge on any atom is 0.256 e. The summed E-state index contributed by atoms with van der Waals surface area (Å²) in [7, 11) is 0. The molecule has 3 rings (SSSR count). The molecule has 0 aliphatic carbocycles. The summed E-state index contributed by atoms with van der Waals surface area (Å²) in [5, 5.41) is 3.79. The quantitative estimate of drug-likeness (QED) is 0.864. The number of hydrogen-bond donors (Lipinski definition) is 1. The van der Waals surface area contributed by atoms with E-state index in [9.17, 15) is 9.18 Å². The van der Waals surface area contributed by atoms with Crippen LogP contribution in [0.2, 0.25) is 5.02 Å². The van der Waals surface area contributed by atoms with Crippen LogP contribution in [0, 0.1) is 11.2 Å². The third-order valence-corrected chi connectivity index (χ3v) is 4.84. The van der Waals surface area contributed by atoms with Crippen LogP contribution in [0.15, 0.2) is 18.2 Å². The highest BCUT2D eigenvalue weighted by atomic mass is 35.5. The van der Waals surface area contributed by atoms with E-state index in [1.807, 2.05) is 0 Å². The molecule has 2 aliphatic heterocycles. The van der Waals surface area contributed by atoms with Gasteiger partial charge in [0.1, 0.15) is 5.82 Å². The van der Waals surface area contributed by atoms with Gasteiger partial charge in [-0.3, -0.25) is 4.79 Å². The van der Waals surface area contributed by atoms with Gasteiger partial charge in [0, 0.05) is 24.7 Å². The fraction of sp³-hybridized carbons (Fsp3) is 0.533. The summed E-state index contributed by atoms with van der Waals surface area (Å²) in [4.78, 5) is 14.1. The highest BCUT2D eigenvalue weighted by Gasteiger charge is 2.38. The average Bonchev–Trinajstić information content (AvgIpc) is 2.90. The lowest BCUT2D eigenvalue weighted by molar-refractivity contribution is 0.0603. The summed E-state index contributed by atoms with van der Waals surface area (Å²) >= 11 is 5.85. The van der Waals surface area contributed by atoms with Crippen molar-refractivity contribution in [1.29, 1.82) is 0 Å². The number of carbonyl (C=O) groups excluding carboxylic acids is 1. The van der Waals surface area contributed by atoms with Crippen molar-refractivity contribution in [3.8, 4) is 0 Å². The Kier molecular flexibility index (Phi) is 3.69. The summed E-state index contributed by atoms with van der Waals surface area (Å²) in [6.07, 6.45) is 3.17. The fourth-order valence-electron chi connectivity index (χ4n) is 3.24. The lowest BCUT2D eigenvalue weighted by atomic mass is 9.78. The molecule has 2 aliphatic rings. The van der Waals surface area contributed by atoms with Gasteiger partial charge in [-0.05, 0) is 49.4 Å². The summed E-state index contributed by atoms with van der Waals surface area (Å²) in [6.45, 7) is 3.51. The standard InChI is InChI=1S/C15H18ClFN2O/c16-11-1-2-13(17)12(9-11)14(20)19-7-4-15(5-8-19)3-6-18-10-15/h1-2,9,18H,3-8,10H2. The third kappa shape index (κ3) is 2.54. The number of amides is 1. The SMILES string of the molecule is O=C(c1cc(Cl)ccc1F)N1CCC2(CCNC2)CC1. The first-order chi connectivity index (χ1) is 9.60. The van der Waals surface area contributed by atoms with Gasteiger partial charge in [0.05, 0.1) is 5.56 Å². The molecule has 20 heavy (non-hydrogen) atoms. The Morgan fingerprint density at radius 2 is 2.05 bits per heavy atom. The van der Waals surface area contributed by atoms with E-state index in [1.54, 1.807) is 4.90 Å². The Hall–Kier alpha value is -1.13. The number of halogens is 2. The molecule has 108 valence electrons. The van der Waals surface area contributed by atoms with E-state index in [0.717, 1.165) is 25.9 Å². The second-order valence-corrected chi connectivity index (χ2v) is 6.28. The van der Waals surface area contributed by atoms with E-state index in [0.29, 0.717) is 23.5 Å². The van der Waals surface area contributed by atoms with E-state index >= 15 is 0 Å². The van der Waals surface area contributed by atoms with Crippen LogP contribution in [0.1, 0.15) is 29.6 Å². The van der Waals surface area contributed by atoms with Gasteiger partial charge < -0.3 is 10.2 Å². The van der Waals surface area contributed by atoms with E-state index in [4.69, 9.17) is 11.6 Å². The van der Waals surface area contributed by atoms with E-state index in [-0.39, 0.29) is 11.5 Å². The number of hydrogen-bond acceptors (Lipinski definition) is 2. The normalized spacial score (nSPS) is 21.4. The van der Waals surface area contributed by atoms with E-state index < -0.39 is 5.82 Å². The van der Waals surface area contributed by atoms with Crippen molar-refractivity contribution in [2.75, 3.05) is 26.2 Å². The molecular formula is C15H18ClFN2O. The molecule has 1 N–H and O–H groups in total. The highest BCUT2D eigenvalue weighted by molar-refractivity contribution is 6.31. The van der Waals surface area contributed by atoms with Crippen molar-refractivity contribution in [3.05, 3.63) is 34.6 Å². The fourth-order valence-corrected chi connectivity index (χ4v) is 3.41. The maximum atomic E-state index is 13.8. The van der Waals surface area contributed by atoms with Crippen LogP contribution < -0.4 is 5.32 Å². The van der Waals surface area contributed by atoms with Crippen LogP contribution in [-0.2, 0) is 0 Å². The van der Waals surface area contributed by atoms with Gasteiger partial charge in [0.25, 0.3) is 5.91 Å². The number of rotatable bonds is 1. The molecule has 0 aromatic heterocycles. The Bertz CT molecular complexity index is 519. The minimum Gasteiger partial charge on any atom is -0.339 e. The molecule has 2 fully saturated rings. The van der Waals surface area contributed by atoms with Crippen LogP contribution in [0.4, 0.5) is 4.39 Å². The summed E-state index contributed by atoms with van der Waals surface area (Å²) in [5.74, 6) is -0.743. The minimum absolute atomic E-state index is 0.0815. The van der Waals surface area contributed by atoms with Crippen molar-refractivity contribution in [1.82, 2.24) is 10.2 Å². The van der Waals surface area contributed by atoms with E-state index in [2.05, 4.69) is 5.32 Å². The number of likely N-dealkylation sites (tertiary alicyclic amines) is 1. The maximum absolute atomic E-state index is 13.8. The Balaban J connectivity index is 1.71. The van der Waals surface area contributed by atoms with Gasteiger partial charge in [0.2, 0.25) is 0 Å². The molecule has 1 spiro atoms. The Morgan fingerprint density at radius 3 is 2.70 bits per heavy atom. The molecule has 5 heteroatoms. The lowest BCUT2D eigenvalue weighted by Gasteiger charge is -2.38. The topological polar surface area (TPSA) is 32.3 Å². The second kappa shape index (κ2) is 5.34. The van der Waals surface area contributed by atoms with Crippen molar-refractivity contribution in [3.63, 3.8) is 0 Å². The number of nitrogens with one attached hydrogen (secondary N) is 1. The largest absolute Gasteiger partial charge is 0.339 e. The summed E-state index contributed by atoms with van der Waals surface area (Å²) in [6, 6.07) is 4.13. The summed E-state index contributed by atoms with van der Waals surface area (Å²) < 4.78 is 13.8. The molecule has 0 unspecified atom stereocenters. The first-order valence-corrected chi connectivity index (χ1v) is 7.43. The van der Waals surface area contributed by atoms with Crippen LogP contribution in [0.25, 0.3) is 0 Å². The first kappa shape index (κ1) is 13.8. The average molecular weight is 297 g/mol. The number of nitrogens with zero attached hydrogens (tertiary/aromatic N) is 1. The lowest BCUT2D eigenvalue weighted by Crippen LogP contribution is -2.44.